The number of carbonyl (C=O) groups excluding carboxylic acids is 3. The Morgan fingerprint density at radius 1 is 1.03 bits per heavy atom. The zero-order chi connectivity index (χ0) is 23.7. The number of urea groups is 1. The van der Waals surface area contributed by atoms with Gasteiger partial charge in [-0.1, -0.05) is 47.5 Å². The van der Waals surface area contributed by atoms with E-state index in [9.17, 15) is 14.4 Å². The van der Waals surface area contributed by atoms with Gasteiger partial charge in [0.25, 0.3) is 11.8 Å². The Labute approximate surface area is 200 Å². The molecule has 2 aromatic carbocycles. The van der Waals surface area contributed by atoms with E-state index in [0.29, 0.717) is 32.4 Å². The van der Waals surface area contributed by atoms with Gasteiger partial charge in [-0.2, -0.15) is 0 Å². The average Bonchev–Trinajstić information content (AvgIpc) is 3.21. The summed E-state index contributed by atoms with van der Waals surface area (Å²) in [5, 5.41) is 3.36. The number of rotatable bonds is 5. The fourth-order valence-electron chi connectivity index (χ4n) is 3.55. The molecule has 4 rings (SSSR count). The number of aromatic nitrogens is 1. The lowest BCUT2D eigenvalue weighted by Gasteiger charge is -2.12. The highest BCUT2D eigenvalue weighted by atomic mass is 35.5. The molecule has 1 aromatic heterocycles. The smallest absolute Gasteiger partial charge is 0.303 e. The monoisotopic (exact) mass is 482 g/mol. The number of hydrogen-bond acceptors (Lipinski definition) is 3. The van der Waals surface area contributed by atoms with E-state index in [1.54, 1.807) is 53.2 Å². The van der Waals surface area contributed by atoms with Crippen LogP contribution in [-0.4, -0.2) is 27.4 Å². The summed E-state index contributed by atoms with van der Waals surface area (Å²) in [5.41, 5.74) is 6.39. The van der Waals surface area contributed by atoms with Crippen molar-refractivity contribution in [3.8, 4) is 0 Å². The van der Waals surface area contributed by atoms with E-state index in [-0.39, 0.29) is 18.1 Å². The molecule has 33 heavy (non-hydrogen) atoms. The first-order valence-corrected chi connectivity index (χ1v) is 10.8. The molecule has 3 aromatic rings. The van der Waals surface area contributed by atoms with E-state index in [4.69, 9.17) is 23.2 Å². The summed E-state index contributed by atoms with van der Waals surface area (Å²) in [6.07, 6.45) is 1.60. The summed E-state index contributed by atoms with van der Waals surface area (Å²) in [6, 6.07) is 15.1. The zero-order valence-electron chi connectivity index (χ0n) is 17.9. The van der Waals surface area contributed by atoms with Crippen molar-refractivity contribution >= 4 is 47.1 Å². The minimum absolute atomic E-state index is 0.0606. The van der Waals surface area contributed by atoms with Crippen LogP contribution in [0.25, 0.3) is 6.08 Å². The second kappa shape index (κ2) is 9.13. The van der Waals surface area contributed by atoms with Gasteiger partial charge in [0.1, 0.15) is 5.70 Å². The Morgan fingerprint density at radius 2 is 1.76 bits per heavy atom. The highest BCUT2D eigenvalue weighted by Crippen LogP contribution is 2.25. The topological polar surface area (TPSA) is 83.4 Å². The number of nitrogens with zero attached hydrogens (tertiary/aromatic N) is 2. The van der Waals surface area contributed by atoms with Gasteiger partial charge in [-0.25, -0.2) is 4.79 Å². The Balaban J connectivity index is 1.55. The van der Waals surface area contributed by atoms with Crippen LogP contribution >= 0.6 is 23.2 Å². The predicted molar refractivity (Wildman–Crippen MR) is 128 cm³/mol. The summed E-state index contributed by atoms with van der Waals surface area (Å²) in [7, 11) is 0. The SMILES string of the molecule is Cc1cc(/C=C2\NC(=O)N(Cc3ccc(Cl)c(Cl)c3)C2=O)c(C)n1NC(=O)c1ccccc1. The summed E-state index contributed by atoms with van der Waals surface area (Å²) in [6.45, 7) is 3.72. The van der Waals surface area contributed by atoms with Gasteiger partial charge in [-0.05, 0) is 61.4 Å². The molecule has 2 heterocycles. The molecule has 0 atom stereocenters. The number of benzene rings is 2. The van der Waals surface area contributed by atoms with E-state index in [0.717, 1.165) is 10.6 Å². The highest BCUT2D eigenvalue weighted by molar-refractivity contribution is 6.42. The Hall–Kier alpha value is -3.55. The molecule has 0 bridgehead atoms. The van der Waals surface area contributed by atoms with Crippen molar-refractivity contribution in [1.82, 2.24) is 14.9 Å². The number of nitrogens with one attached hydrogen (secondary N) is 2. The standard InChI is InChI=1S/C24H20Cl2N4O3/c1-14-10-18(15(2)30(14)28-22(31)17-6-4-3-5-7-17)12-21-23(32)29(24(33)27-21)13-16-8-9-19(25)20(26)11-16/h3-12H,13H2,1-2H3,(H,27,33)(H,28,31)/b21-12-. The lowest BCUT2D eigenvalue weighted by atomic mass is 10.2. The van der Waals surface area contributed by atoms with Crippen LogP contribution in [0.4, 0.5) is 4.79 Å². The molecule has 2 N–H and O–H groups in total. The zero-order valence-corrected chi connectivity index (χ0v) is 19.4. The quantitative estimate of drug-likeness (QED) is 0.401. The minimum Gasteiger partial charge on any atom is -0.303 e. The molecular weight excluding hydrogens is 463 g/mol. The first kappa shape index (κ1) is 22.6. The van der Waals surface area contributed by atoms with Crippen LogP contribution in [-0.2, 0) is 11.3 Å². The van der Waals surface area contributed by atoms with Gasteiger partial charge in [-0.15, -0.1) is 0 Å². The number of halogens is 2. The van der Waals surface area contributed by atoms with Gasteiger partial charge in [0, 0.05) is 17.0 Å². The van der Waals surface area contributed by atoms with E-state index in [1.165, 1.54) is 0 Å². The minimum atomic E-state index is -0.525. The van der Waals surface area contributed by atoms with Gasteiger partial charge < -0.3 is 5.32 Å². The van der Waals surface area contributed by atoms with Crippen LogP contribution in [0.15, 0.2) is 60.3 Å². The molecule has 1 aliphatic rings. The van der Waals surface area contributed by atoms with Crippen LogP contribution in [0.1, 0.15) is 32.9 Å². The second-order valence-corrected chi connectivity index (χ2v) is 8.41. The van der Waals surface area contributed by atoms with E-state index >= 15 is 0 Å². The molecule has 7 nitrogen and oxygen atoms in total. The molecule has 0 radical (unpaired) electrons. The predicted octanol–water partition coefficient (Wildman–Crippen LogP) is 4.89. The van der Waals surface area contributed by atoms with Gasteiger partial charge in [-0.3, -0.25) is 24.6 Å². The third-order valence-corrected chi connectivity index (χ3v) is 6.05. The van der Waals surface area contributed by atoms with E-state index < -0.39 is 11.9 Å². The summed E-state index contributed by atoms with van der Waals surface area (Å²) >= 11 is 12.0. The normalized spacial score (nSPS) is 14.7. The van der Waals surface area contributed by atoms with Crippen molar-refractivity contribution in [3.63, 3.8) is 0 Å². The van der Waals surface area contributed by atoms with Crippen molar-refractivity contribution < 1.29 is 14.4 Å². The third kappa shape index (κ3) is 4.65. The Kier molecular flexibility index (Phi) is 6.26. The fraction of sp³-hybridized carbons (Fsp3) is 0.125. The first-order chi connectivity index (χ1) is 15.7. The van der Waals surface area contributed by atoms with Crippen molar-refractivity contribution in [1.29, 1.82) is 0 Å². The number of hydrogen-bond donors (Lipinski definition) is 2. The summed E-state index contributed by atoms with van der Waals surface area (Å²) < 4.78 is 1.65. The fourth-order valence-corrected chi connectivity index (χ4v) is 3.87. The van der Waals surface area contributed by atoms with E-state index in [1.807, 2.05) is 26.0 Å². The lowest BCUT2D eigenvalue weighted by Crippen LogP contribution is -2.30. The molecule has 1 saturated heterocycles. The largest absolute Gasteiger partial charge is 0.329 e. The molecule has 4 amide bonds. The Bertz CT molecular complexity index is 1300. The number of carbonyl (C=O) groups is 3. The van der Waals surface area contributed by atoms with Crippen molar-refractivity contribution in [2.24, 2.45) is 0 Å². The average molecular weight is 483 g/mol. The van der Waals surface area contributed by atoms with Gasteiger partial charge in [0.05, 0.1) is 16.6 Å². The molecular formula is C24H20Cl2N4O3. The molecule has 0 spiro atoms. The van der Waals surface area contributed by atoms with Crippen LogP contribution < -0.4 is 10.7 Å². The maximum Gasteiger partial charge on any atom is 0.329 e. The van der Waals surface area contributed by atoms with Gasteiger partial charge >= 0.3 is 6.03 Å². The van der Waals surface area contributed by atoms with Crippen LogP contribution in [0.2, 0.25) is 10.0 Å². The Morgan fingerprint density at radius 3 is 2.45 bits per heavy atom. The van der Waals surface area contributed by atoms with Gasteiger partial charge in [0.15, 0.2) is 0 Å². The first-order valence-electron chi connectivity index (χ1n) is 10.1. The van der Waals surface area contributed by atoms with Crippen molar-refractivity contribution in [3.05, 3.63) is 98.4 Å². The lowest BCUT2D eigenvalue weighted by molar-refractivity contribution is -0.123. The molecule has 9 heteroatoms. The molecule has 0 unspecified atom stereocenters. The van der Waals surface area contributed by atoms with Crippen LogP contribution in [0.3, 0.4) is 0 Å². The molecule has 1 fully saturated rings. The van der Waals surface area contributed by atoms with Crippen LogP contribution in [0.5, 0.6) is 0 Å². The van der Waals surface area contributed by atoms with Crippen LogP contribution in [0, 0.1) is 13.8 Å². The molecule has 0 aliphatic carbocycles. The van der Waals surface area contributed by atoms with E-state index in [2.05, 4.69) is 10.7 Å². The summed E-state index contributed by atoms with van der Waals surface area (Å²) in [4.78, 5) is 39.0. The van der Waals surface area contributed by atoms with Crippen molar-refractivity contribution in [2.45, 2.75) is 20.4 Å². The number of imide groups is 1. The highest BCUT2D eigenvalue weighted by Gasteiger charge is 2.33. The van der Waals surface area contributed by atoms with Crippen molar-refractivity contribution in [2.75, 3.05) is 5.43 Å². The number of amides is 4. The second-order valence-electron chi connectivity index (χ2n) is 7.60. The molecule has 0 saturated carbocycles. The molecule has 168 valence electrons. The maximum atomic E-state index is 12.9. The summed E-state index contributed by atoms with van der Waals surface area (Å²) in [5.74, 6) is -0.709. The third-order valence-electron chi connectivity index (χ3n) is 5.31. The molecule has 1 aliphatic heterocycles. The van der Waals surface area contributed by atoms with Gasteiger partial charge in [0.2, 0.25) is 0 Å². The number of aryl methyl sites for hydroxylation is 1. The maximum absolute atomic E-state index is 12.9.